The van der Waals surface area contributed by atoms with Crippen LogP contribution in [0.4, 0.5) is 5.69 Å². The number of nitrogens with zero attached hydrogens (tertiary/aromatic N) is 1. The zero-order valence-electron chi connectivity index (χ0n) is 16.5. The highest BCUT2D eigenvalue weighted by Crippen LogP contribution is 2.37. The summed E-state index contributed by atoms with van der Waals surface area (Å²) >= 11 is 1.75. The maximum absolute atomic E-state index is 12.8. The molecule has 1 atom stereocenters. The highest BCUT2D eigenvalue weighted by molar-refractivity contribution is 8.00. The number of H-pyrrole nitrogens is 1. The number of anilines is 1. The zero-order valence-corrected chi connectivity index (χ0v) is 17.3. The van der Waals surface area contributed by atoms with Gasteiger partial charge in [-0.05, 0) is 44.9 Å². The molecule has 0 bridgehead atoms. The van der Waals surface area contributed by atoms with Gasteiger partial charge in [-0.3, -0.25) is 9.59 Å². The van der Waals surface area contributed by atoms with Crippen molar-refractivity contribution in [2.45, 2.75) is 44.3 Å². The average Bonchev–Trinajstić information content (AvgIpc) is 2.84. The van der Waals surface area contributed by atoms with E-state index in [1.54, 1.807) is 30.5 Å². The highest BCUT2D eigenvalue weighted by Gasteiger charge is 2.26. The third-order valence-electron chi connectivity index (χ3n) is 4.86. The van der Waals surface area contributed by atoms with Crippen LogP contribution >= 0.6 is 11.8 Å². The van der Waals surface area contributed by atoms with Crippen LogP contribution in [0.5, 0.6) is 0 Å². The number of Topliss-reactive ketones (excluding diaryl/α,β-unsaturated/α-hetero) is 1. The first kappa shape index (κ1) is 20.2. The Bertz CT molecular complexity index is 934. The van der Waals surface area contributed by atoms with E-state index in [9.17, 15) is 14.4 Å². The van der Waals surface area contributed by atoms with Gasteiger partial charge in [0.05, 0.1) is 5.69 Å². The van der Waals surface area contributed by atoms with Gasteiger partial charge >= 0.3 is 5.97 Å². The summed E-state index contributed by atoms with van der Waals surface area (Å²) in [7, 11) is 0. The Kier molecular flexibility index (Phi) is 5.93. The third kappa shape index (κ3) is 3.99. The van der Waals surface area contributed by atoms with Crippen molar-refractivity contribution >= 4 is 35.1 Å². The number of benzene rings is 1. The van der Waals surface area contributed by atoms with Crippen LogP contribution in [0.15, 0.2) is 29.2 Å². The van der Waals surface area contributed by atoms with Crippen molar-refractivity contribution in [2.75, 3.05) is 18.1 Å². The molecule has 1 N–H and O–H groups in total. The summed E-state index contributed by atoms with van der Waals surface area (Å²) in [5, 5.41) is 0.399. The molecule has 0 radical (unpaired) electrons. The molecule has 7 heteroatoms. The third-order valence-corrected chi connectivity index (χ3v) is 6.10. The molecule has 2 heterocycles. The van der Waals surface area contributed by atoms with Gasteiger partial charge in [0.1, 0.15) is 5.69 Å². The Balaban J connectivity index is 1.73. The van der Waals surface area contributed by atoms with E-state index < -0.39 is 5.97 Å². The molecule has 0 saturated carbocycles. The fourth-order valence-corrected chi connectivity index (χ4v) is 4.62. The molecule has 1 aromatic carbocycles. The molecule has 1 amide bonds. The smallest absolute Gasteiger partial charge is 0.355 e. The van der Waals surface area contributed by atoms with Crippen LogP contribution in [-0.2, 0) is 9.53 Å². The Hall–Kier alpha value is -2.54. The topological polar surface area (TPSA) is 79.5 Å². The molecule has 1 aromatic heterocycles. The number of hydrogen-bond donors (Lipinski definition) is 1. The second kappa shape index (κ2) is 8.22. The molecule has 28 heavy (non-hydrogen) atoms. The Morgan fingerprint density at radius 1 is 1.25 bits per heavy atom. The number of ether oxygens (including phenoxy) is 1. The van der Waals surface area contributed by atoms with Crippen LogP contribution in [0.3, 0.4) is 0 Å². The summed E-state index contributed by atoms with van der Waals surface area (Å²) in [6, 6.07) is 7.77. The number of aryl methyl sites for hydroxylation is 1. The molecule has 3 rings (SSSR count). The minimum Gasteiger partial charge on any atom is -0.451 e. The summed E-state index contributed by atoms with van der Waals surface area (Å²) in [4.78, 5) is 42.6. The van der Waals surface area contributed by atoms with Crippen LogP contribution in [0.1, 0.15) is 52.4 Å². The van der Waals surface area contributed by atoms with Crippen molar-refractivity contribution in [1.29, 1.82) is 0 Å². The minimum atomic E-state index is -0.632. The Morgan fingerprint density at radius 2 is 1.96 bits per heavy atom. The summed E-state index contributed by atoms with van der Waals surface area (Å²) in [6.45, 7) is 7.26. The zero-order chi connectivity index (χ0) is 20.4. The number of esters is 1. The van der Waals surface area contributed by atoms with Gasteiger partial charge < -0.3 is 14.6 Å². The quantitative estimate of drug-likeness (QED) is 0.622. The lowest BCUT2D eigenvalue weighted by molar-refractivity contribution is -0.121. The summed E-state index contributed by atoms with van der Waals surface area (Å²) in [5.74, 6) is -1.01. The predicted octanol–water partition coefficient (Wildman–Crippen LogP) is 3.91. The first-order valence-electron chi connectivity index (χ1n) is 9.22. The van der Waals surface area contributed by atoms with Crippen molar-refractivity contribution in [3.05, 3.63) is 46.8 Å². The molecule has 0 unspecified atom stereocenters. The summed E-state index contributed by atoms with van der Waals surface area (Å²) in [6.07, 6.45) is 0.857. The molecule has 6 nitrogen and oxygen atoms in total. The molecule has 148 valence electrons. The normalized spacial score (nSPS) is 16.3. The van der Waals surface area contributed by atoms with Crippen LogP contribution < -0.4 is 4.90 Å². The van der Waals surface area contributed by atoms with E-state index in [-0.39, 0.29) is 24.0 Å². The number of hydrogen-bond acceptors (Lipinski definition) is 5. The number of carbonyl (C=O) groups is 3. The number of nitrogens with one attached hydrogen (secondary N) is 1. The van der Waals surface area contributed by atoms with Gasteiger partial charge in [-0.15, -0.1) is 11.8 Å². The number of amides is 1. The van der Waals surface area contributed by atoms with Crippen molar-refractivity contribution in [2.24, 2.45) is 0 Å². The molecule has 1 aliphatic heterocycles. The number of aromatic nitrogens is 1. The fourth-order valence-electron chi connectivity index (χ4n) is 3.51. The van der Waals surface area contributed by atoms with Gasteiger partial charge in [-0.25, -0.2) is 4.79 Å². The minimum absolute atomic E-state index is 0.117. The first-order valence-corrected chi connectivity index (χ1v) is 10.1. The van der Waals surface area contributed by atoms with Gasteiger partial charge in [0.15, 0.2) is 12.4 Å². The fraction of sp³-hybridized carbons (Fsp3) is 0.381. The lowest BCUT2D eigenvalue weighted by Gasteiger charge is -2.22. The van der Waals surface area contributed by atoms with E-state index in [4.69, 9.17) is 4.74 Å². The number of rotatable bonds is 4. The van der Waals surface area contributed by atoms with E-state index in [2.05, 4.69) is 11.9 Å². The maximum atomic E-state index is 12.8. The van der Waals surface area contributed by atoms with Gasteiger partial charge in [0.25, 0.3) is 5.91 Å². The molecule has 0 aliphatic carbocycles. The highest BCUT2D eigenvalue weighted by atomic mass is 32.2. The standard InChI is InChI=1S/C21H24N2O4S/c1-12-9-10-23(16-7-5-6-8-17(16)28-12)18(25)11-27-21(26)20-13(2)19(15(4)24)14(3)22-20/h5-8,12,22H,9-11H2,1-4H3/t12-/m0/s1. The number of carbonyl (C=O) groups excluding carboxylic acids is 3. The monoisotopic (exact) mass is 400 g/mol. The maximum Gasteiger partial charge on any atom is 0.355 e. The predicted molar refractivity (Wildman–Crippen MR) is 109 cm³/mol. The first-order chi connectivity index (χ1) is 13.3. The van der Waals surface area contributed by atoms with Crippen molar-refractivity contribution in [1.82, 2.24) is 4.98 Å². The van der Waals surface area contributed by atoms with E-state index in [1.165, 1.54) is 6.92 Å². The van der Waals surface area contributed by atoms with Gasteiger partial charge in [0.2, 0.25) is 0 Å². The van der Waals surface area contributed by atoms with E-state index in [1.807, 2.05) is 24.3 Å². The molecule has 0 spiro atoms. The van der Waals surface area contributed by atoms with Crippen molar-refractivity contribution in [3.8, 4) is 0 Å². The molecule has 1 aliphatic rings. The summed E-state index contributed by atoms with van der Waals surface area (Å²) in [5.41, 5.74) is 2.73. The number of para-hydroxylation sites is 1. The van der Waals surface area contributed by atoms with Gasteiger partial charge in [-0.2, -0.15) is 0 Å². The van der Waals surface area contributed by atoms with Crippen molar-refractivity contribution < 1.29 is 19.1 Å². The number of fused-ring (bicyclic) bond motifs is 1. The average molecular weight is 401 g/mol. The van der Waals surface area contributed by atoms with Crippen LogP contribution in [0, 0.1) is 13.8 Å². The lowest BCUT2D eigenvalue weighted by atomic mass is 10.1. The largest absolute Gasteiger partial charge is 0.451 e. The van der Waals surface area contributed by atoms with Crippen LogP contribution in [0.25, 0.3) is 0 Å². The summed E-state index contributed by atoms with van der Waals surface area (Å²) < 4.78 is 5.28. The molecular weight excluding hydrogens is 376 g/mol. The molecule has 0 saturated heterocycles. The number of thioether (sulfide) groups is 1. The molecular formula is C21H24N2O4S. The van der Waals surface area contributed by atoms with E-state index in [0.717, 1.165) is 17.0 Å². The van der Waals surface area contributed by atoms with Gasteiger partial charge in [-0.1, -0.05) is 19.1 Å². The van der Waals surface area contributed by atoms with Crippen molar-refractivity contribution in [3.63, 3.8) is 0 Å². The molecule has 2 aromatic rings. The Labute approximate surface area is 168 Å². The van der Waals surface area contributed by atoms with Crippen LogP contribution in [0.2, 0.25) is 0 Å². The second-order valence-corrected chi connectivity index (χ2v) is 8.47. The van der Waals surface area contributed by atoms with Gasteiger partial charge in [0, 0.05) is 27.9 Å². The number of ketones is 1. The Morgan fingerprint density at radius 3 is 2.64 bits per heavy atom. The lowest BCUT2D eigenvalue weighted by Crippen LogP contribution is -2.35. The van der Waals surface area contributed by atoms with Crippen LogP contribution in [-0.4, -0.2) is 41.0 Å². The van der Waals surface area contributed by atoms with E-state index >= 15 is 0 Å². The number of aromatic amines is 1. The molecule has 0 fully saturated rings. The SMILES string of the molecule is CC(=O)c1c(C)[nH]c(C(=O)OCC(=O)N2CC[C@H](C)Sc3ccccc32)c1C. The second-order valence-electron chi connectivity index (χ2n) is 6.99. The van der Waals surface area contributed by atoms with E-state index in [0.29, 0.717) is 28.6 Å².